The van der Waals surface area contributed by atoms with Crippen LogP contribution in [0.5, 0.6) is 0 Å². The van der Waals surface area contributed by atoms with E-state index < -0.39 is 29.0 Å². The number of hydrogen-bond acceptors (Lipinski definition) is 6. The third kappa shape index (κ3) is 1.89. The van der Waals surface area contributed by atoms with Crippen LogP contribution in [0, 0.1) is 0 Å². The minimum Gasteiger partial charge on any atom is -0.394 e. The fourth-order valence-corrected chi connectivity index (χ4v) is 1.76. The Labute approximate surface area is 81.4 Å². The van der Waals surface area contributed by atoms with E-state index in [-0.39, 0.29) is 6.61 Å². The summed E-state index contributed by atoms with van der Waals surface area (Å²) in [5.74, 6) is 0. The smallest absolute Gasteiger partial charge is 0.129 e. The molecule has 3 N–H and O–H groups in total. The summed E-state index contributed by atoms with van der Waals surface area (Å²) in [6.45, 7) is -0.241. The van der Waals surface area contributed by atoms with Gasteiger partial charge in [0.05, 0.1) is 24.1 Å². The van der Waals surface area contributed by atoms with Crippen molar-refractivity contribution in [3.8, 4) is 0 Å². The first-order chi connectivity index (χ1) is 5.57. The van der Waals surface area contributed by atoms with Gasteiger partial charge in [-0.25, -0.2) is 0 Å². The molecule has 0 amide bonds. The Kier molecular flexibility index (Phi) is 3.69. The molecule has 1 heterocycles. The van der Waals surface area contributed by atoms with Crippen LogP contribution in [-0.2, 0) is 4.74 Å². The first kappa shape index (κ1) is 10.6. The zero-order valence-corrected chi connectivity index (χ0v) is 8.03. The maximum absolute atomic E-state index is 9.35. The van der Waals surface area contributed by atoms with Crippen molar-refractivity contribution in [3.63, 3.8) is 0 Å². The Hall–Kier alpha value is 0.540. The fourth-order valence-electron chi connectivity index (χ4n) is 1.08. The normalized spacial score (nSPS) is 49.2. The largest absolute Gasteiger partial charge is 0.394 e. The number of hydrogen-bond donors (Lipinski definition) is 5. The van der Waals surface area contributed by atoms with E-state index in [4.69, 9.17) is 9.84 Å². The van der Waals surface area contributed by atoms with E-state index >= 15 is 0 Å². The minimum atomic E-state index is -1.06. The molecular weight excluding hydrogens is 200 g/mol. The molecule has 6 heteroatoms. The highest BCUT2D eigenvalue weighted by Crippen LogP contribution is 2.26. The summed E-state index contributed by atoms with van der Waals surface area (Å²) in [6.07, 6.45) is -2.64. The predicted molar refractivity (Wildman–Crippen MR) is 49.5 cm³/mol. The first-order valence-electron chi connectivity index (χ1n) is 3.56. The van der Waals surface area contributed by atoms with Crippen LogP contribution in [0.4, 0.5) is 0 Å². The van der Waals surface area contributed by atoms with Crippen molar-refractivity contribution >= 4 is 25.3 Å². The summed E-state index contributed by atoms with van der Waals surface area (Å²) in [4.78, 5) is 0. The van der Waals surface area contributed by atoms with Crippen molar-refractivity contribution in [2.45, 2.75) is 29.0 Å². The highest BCUT2D eigenvalue weighted by Gasteiger charge is 2.40. The summed E-state index contributed by atoms with van der Waals surface area (Å²) < 4.78 is 5.06. The second-order valence-electron chi connectivity index (χ2n) is 2.72. The van der Waals surface area contributed by atoms with Crippen molar-refractivity contribution in [1.82, 2.24) is 0 Å². The molecule has 0 spiro atoms. The van der Waals surface area contributed by atoms with Crippen LogP contribution >= 0.6 is 25.3 Å². The highest BCUT2D eigenvalue weighted by molar-refractivity contribution is 7.81. The Balaban J connectivity index is 2.63. The Morgan fingerprint density at radius 1 is 1.17 bits per heavy atom. The number of thiol groups is 2. The molecule has 5 unspecified atom stereocenters. The van der Waals surface area contributed by atoms with Crippen molar-refractivity contribution in [1.29, 1.82) is 0 Å². The second-order valence-corrected chi connectivity index (χ2v) is 3.82. The van der Waals surface area contributed by atoms with Gasteiger partial charge in [-0.15, -0.1) is 12.6 Å². The van der Waals surface area contributed by atoms with Gasteiger partial charge in [-0.3, -0.25) is 0 Å². The Bertz CT molecular complexity index is 152. The van der Waals surface area contributed by atoms with Gasteiger partial charge in [0.1, 0.15) is 11.5 Å². The van der Waals surface area contributed by atoms with Gasteiger partial charge in [0.25, 0.3) is 0 Å². The van der Waals surface area contributed by atoms with Crippen LogP contribution in [-0.4, -0.2) is 50.9 Å². The summed E-state index contributed by atoms with van der Waals surface area (Å²) in [5.41, 5.74) is -0.763. The molecule has 0 bridgehead atoms. The summed E-state index contributed by atoms with van der Waals surface area (Å²) in [6, 6.07) is 0. The summed E-state index contributed by atoms with van der Waals surface area (Å²) >= 11 is 7.89. The molecule has 0 radical (unpaired) electrons. The van der Waals surface area contributed by atoms with Crippen LogP contribution < -0.4 is 0 Å². The molecule has 0 aromatic heterocycles. The third-order valence-corrected chi connectivity index (χ3v) is 2.93. The van der Waals surface area contributed by atoms with Gasteiger partial charge in [-0.05, 0) is 0 Å². The lowest BCUT2D eigenvalue weighted by Gasteiger charge is -2.38. The number of aliphatic hydroxyl groups excluding tert-OH is 3. The third-order valence-electron chi connectivity index (χ3n) is 1.87. The van der Waals surface area contributed by atoms with E-state index in [9.17, 15) is 10.2 Å². The molecule has 72 valence electrons. The SMILES string of the molecule is OCC1OC(S)C(O)C(O)C1S. The maximum Gasteiger partial charge on any atom is 0.129 e. The summed E-state index contributed by atoms with van der Waals surface area (Å²) in [7, 11) is 0. The van der Waals surface area contributed by atoms with Crippen molar-refractivity contribution < 1.29 is 20.1 Å². The van der Waals surface area contributed by atoms with E-state index in [1.54, 1.807) is 0 Å². The first-order valence-corrected chi connectivity index (χ1v) is 4.59. The molecule has 0 saturated carbocycles. The molecule has 1 aliphatic heterocycles. The molecular formula is C6H12O4S2. The van der Waals surface area contributed by atoms with Crippen molar-refractivity contribution in [3.05, 3.63) is 0 Å². The van der Waals surface area contributed by atoms with Crippen LogP contribution in [0.1, 0.15) is 0 Å². The van der Waals surface area contributed by atoms with E-state index in [2.05, 4.69) is 25.3 Å². The molecule has 1 rings (SSSR count). The number of rotatable bonds is 1. The summed E-state index contributed by atoms with van der Waals surface area (Å²) in [5, 5.41) is 26.8. The van der Waals surface area contributed by atoms with Gasteiger partial charge in [0.2, 0.25) is 0 Å². The molecule has 4 nitrogen and oxygen atoms in total. The highest BCUT2D eigenvalue weighted by atomic mass is 32.1. The molecule has 0 aliphatic carbocycles. The zero-order valence-electron chi connectivity index (χ0n) is 6.24. The number of ether oxygens (including phenoxy) is 1. The van der Waals surface area contributed by atoms with Crippen LogP contribution in [0.3, 0.4) is 0 Å². The van der Waals surface area contributed by atoms with Crippen LogP contribution in [0.2, 0.25) is 0 Å². The molecule has 1 fully saturated rings. The molecule has 0 aromatic rings. The predicted octanol–water partition coefficient (Wildman–Crippen LogP) is -1.35. The molecule has 0 aromatic carbocycles. The standard InChI is InChI=1S/C6H12O4S2/c7-1-2-5(11)3(8)4(9)6(12)10-2/h2-9,11-12H,1H2. The van der Waals surface area contributed by atoms with Gasteiger partial charge < -0.3 is 20.1 Å². The van der Waals surface area contributed by atoms with Gasteiger partial charge >= 0.3 is 0 Å². The zero-order chi connectivity index (χ0) is 9.30. The molecule has 1 aliphatic rings. The average Bonchev–Trinajstić information content (AvgIpc) is 2.08. The lowest BCUT2D eigenvalue weighted by molar-refractivity contribution is -0.139. The molecule has 1 saturated heterocycles. The fraction of sp³-hybridized carbons (Fsp3) is 1.00. The topological polar surface area (TPSA) is 69.9 Å². The lowest BCUT2D eigenvalue weighted by atomic mass is 10.0. The quantitative estimate of drug-likeness (QED) is 0.349. The molecule has 12 heavy (non-hydrogen) atoms. The van der Waals surface area contributed by atoms with Gasteiger partial charge in [-0.1, -0.05) is 0 Å². The Morgan fingerprint density at radius 2 is 1.75 bits per heavy atom. The van der Waals surface area contributed by atoms with E-state index in [1.807, 2.05) is 0 Å². The van der Waals surface area contributed by atoms with Gasteiger partial charge in [0.15, 0.2) is 0 Å². The van der Waals surface area contributed by atoms with E-state index in [0.717, 1.165) is 0 Å². The van der Waals surface area contributed by atoms with Gasteiger partial charge in [0, 0.05) is 0 Å². The van der Waals surface area contributed by atoms with Crippen LogP contribution in [0.15, 0.2) is 0 Å². The maximum atomic E-state index is 9.35. The van der Waals surface area contributed by atoms with Crippen molar-refractivity contribution in [2.24, 2.45) is 0 Å². The lowest BCUT2D eigenvalue weighted by Crippen LogP contribution is -2.54. The Morgan fingerprint density at radius 3 is 2.25 bits per heavy atom. The average molecular weight is 212 g/mol. The monoisotopic (exact) mass is 212 g/mol. The van der Waals surface area contributed by atoms with Crippen LogP contribution in [0.25, 0.3) is 0 Å². The van der Waals surface area contributed by atoms with E-state index in [1.165, 1.54) is 0 Å². The van der Waals surface area contributed by atoms with E-state index in [0.29, 0.717) is 0 Å². The second kappa shape index (κ2) is 4.17. The number of aliphatic hydroxyl groups is 3. The minimum absolute atomic E-state index is 0.241. The van der Waals surface area contributed by atoms with Gasteiger partial charge in [-0.2, -0.15) is 12.6 Å². The van der Waals surface area contributed by atoms with Crippen molar-refractivity contribution in [2.75, 3.05) is 6.61 Å². The molecule has 5 atom stereocenters.